The Morgan fingerprint density at radius 1 is 0.933 bits per heavy atom. The van der Waals surface area contributed by atoms with Gasteiger partial charge in [0.15, 0.2) is 0 Å². The van der Waals surface area contributed by atoms with E-state index >= 15 is 0 Å². The van der Waals surface area contributed by atoms with Crippen molar-refractivity contribution in [2.75, 3.05) is 24.6 Å². The number of carbonyl (C=O) groups excluding carboxylic acids is 2. The first-order valence-corrected chi connectivity index (χ1v) is 6.47. The van der Waals surface area contributed by atoms with Gasteiger partial charge in [0.1, 0.15) is 0 Å². The molecule has 0 atom stereocenters. The van der Waals surface area contributed by atoms with Crippen LogP contribution in [0.5, 0.6) is 0 Å². The fourth-order valence-electron chi connectivity index (χ4n) is 1.00. The zero-order valence-electron chi connectivity index (χ0n) is 9.47. The van der Waals surface area contributed by atoms with Gasteiger partial charge < -0.3 is 10.6 Å². The molecule has 0 unspecified atom stereocenters. The van der Waals surface area contributed by atoms with Crippen molar-refractivity contribution in [2.45, 2.75) is 26.7 Å². The van der Waals surface area contributed by atoms with Crippen molar-refractivity contribution in [3.63, 3.8) is 0 Å². The van der Waals surface area contributed by atoms with Crippen molar-refractivity contribution in [1.82, 2.24) is 10.6 Å². The van der Waals surface area contributed by atoms with Gasteiger partial charge >= 0.3 is 0 Å². The highest BCUT2D eigenvalue weighted by molar-refractivity contribution is 7.99. The van der Waals surface area contributed by atoms with E-state index < -0.39 is 0 Å². The maximum absolute atomic E-state index is 11.0. The topological polar surface area (TPSA) is 58.2 Å². The molecule has 0 radical (unpaired) electrons. The fourth-order valence-corrected chi connectivity index (χ4v) is 1.87. The van der Waals surface area contributed by atoms with Gasteiger partial charge in [-0.25, -0.2) is 0 Å². The van der Waals surface area contributed by atoms with Gasteiger partial charge in [-0.2, -0.15) is 11.8 Å². The molecule has 0 aliphatic rings. The molecule has 0 rings (SSSR count). The smallest absolute Gasteiger partial charge is 0.220 e. The largest absolute Gasteiger partial charge is 0.356 e. The van der Waals surface area contributed by atoms with Crippen LogP contribution in [-0.2, 0) is 9.59 Å². The molecule has 0 bridgehead atoms. The number of rotatable bonds is 8. The average Bonchev–Trinajstić information content (AvgIpc) is 2.18. The van der Waals surface area contributed by atoms with Crippen molar-refractivity contribution >= 4 is 23.6 Å². The molecule has 5 heteroatoms. The lowest BCUT2D eigenvalue weighted by Crippen LogP contribution is -2.23. The van der Waals surface area contributed by atoms with Crippen molar-refractivity contribution in [3.8, 4) is 0 Å². The monoisotopic (exact) mass is 232 g/mol. The summed E-state index contributed by atoms with van der Waals surface area (Å²) in [6, 6.07) is 0. The molecular formula is C10H20N2O2S. The second-order valence-corrected chi connectivity index (χ2v) is 4.24. The Labute approximate surface area is 95.6 Å². The number of hydrogen-bond donors (Lipinski definition) is 2. The summed E-state index contributed by atoms with van der Waals surface area (Å²) in [4.78, 5) is 22.1. The van der Waals surface area contributed by atoms with Crippen molar-refractivity contribution in [2.24, 2.45) is 0 Å². The third-order valence-corrected chi connectivity index (χ3v) is 2.68. The predicted molar refractivity (Wildman–Crippen MR) is 63.9 cm³/mol. The van der Waals surface area contributed by atoms with Gasteiger partial charge in [-0.3, -0.25) is 9.59 Å². The van der Waals surface area contributed by atoms with Crippen molar-refractivity contribution in [1.29, 1.82) is 0 Å². The summed E-state index contributed by atoms with van der Waals surface area (Å²) in [5.41, 5.74) is 0. The number of nitrogens with one attached hydrogen (secondary N) is 2. The van der Waals surface area contributed by atoms with Crippen LogP contribution >= 0.6 is 11.8 Å². The van der Waals surface area contributed by atoms with Crippen molar-refractivity contribution < 1.29 is 9.59 Å². The number of amides is 2. The van der Waals surface area contributed by atoms with Gasteiger partial charge in [-0.05, 0) is 13.8 Å². The van der Waals surface area contributed by atoms with Crippen LogP contribution in [0.25, 0.3) is 0 Å². The Balaban J connectivity index is 3.24. The summed E-state index contributed by atoms with van der Waals surface area (Å²) in [5, 5.41) is 5.47. The van der Waals surface area contributed by atoms with E-state index in [4.69, 9.17) is 0 Å². The van der Waals surface area contributed by atoms with Crippen LogP contribution < -0.4 is 10.6 Å². The molecule has 2 amide bonds. The molecule has 2 N–H and O–H groups in total. The second-order valence-electron chi connectivity index (χ2n) is 3.02. The molecule has 88 valence electrons. The first-order valence-electron chi connectivity index (χ1n) is 5.31. The minimum atomic E-state index is 0.0861. The van der Waals surface area contributed by atoms with Crippen LogP contribution in [0.4, 0.5) is 0 Å². The lowest BCUT2D eigenvalue weighted by Gasteiger charge is -2.03. The average molecular weight is 232 g/mol. The minimum Gasteiger partial charge on any atom is -0.356 e. The quantitative estimate of drug-likeness (QED) is 0.608. The van der Waals surface area contributed by atoms with E-state index in [1.807, 2.05) is 13.8 Å². The molecule has 0 heterocycles. The summed E-state index contributed by atoms with van der Waals surface area (Å²) in [5.74, 6) is 1.74. The van der Waals surface area contributed by atoms with Gasteiger partial charge in [-0.1, -0.05) is 0 Å². The van der Waals surface area contributed by atoms with Crippen LogP contribution in [0.1, 0.15) is 26.7 Å². The number of carbonyl (C=O) groups is 2. The van der Waals surface area contributed by atoms with Gasteiger partial charge in [-0.15, -0.1) is 0 Å². The van der Waals surface area contributed by atoms with Crippen LogP contribution in [0.2, 0.25) is 0 Å². The van der Waals surface area contributed by atoms with Crippen molar-refractivity contribution in [3.05, 3.63) is 0 Å². The molecule has 0 aromatic carbocycles. The number of hydrogen-bond acceptors (Lipinski definition) is 3. The van der Waals surface area contributed by atoms with Crippen LogP contribution in [0, 0.1) is 0 Å². The first-order chi connectivity index (χ1) is 7.20. The highest BCUT2D eigenvalue weighted by Crippen LogP contribution is 2.04. The molecule has 0 aliphatic heterocycles. The minimum absolute atomic E-state index is 0.0861. The molecule has 0 aromatic rings. The molecule has 15 heavy (non-hydrogen) atoms. The standard InChI is InChI=1S/C10H20N2O2S/c1-3-11-9(13)5-7-15-8-6-10(14)12-4-2/h3-8H2,1-2H3,(H,11,13)(H,12,14). The van der Waals surface area contributed by atoms with E-state index in [2.05, 4.69) is 10.6 Å². The Bertz CT molecular complexity index is 178. The van der Waals surface area contributed by atoms with E-state index in [-0.39, 0.29) is 11.8 Å². The maximum atomic E-state index is 11.0. The number of thioether (sulfide) groups is 1. The predicted octanol–water partition coefficient (Wildman–Crippen LogP) is 0.772. The Morgan fingerprint density at radius 3 is 1.67 bits per heavy atom. The molecule has 0 saturated heterocycles. The third kappa shape index (κ3) is 9.59. The molecular weight excluding hydrogens is 212 g/mol. The highest BCUT2D eigenvalue weighted by atomic mass is 32.2. The van der Waals surface area contributed by atoms with Gasteiger partial charge in [0.25, 0.3) is 0 Å². The first kappa shape index (κ1) is 14.3. The Kier molecular flexibility index (Phi) is 9.36. The summed E-state index contributed by atoms with van der Waals surface area (Å²) in [6.07, 6.45) is 1.07. The van der Waals surface area contributed by atoms with E-state index in [1.54, 1.807) is 11.8 Å². The SMILES string of the molecule is CCNC(=O)CCSCCC(=O)NCC. The molecule has 0 fully saturated rings. The van der Waals surface area contributed by atoms with Gasteiger partial charge in [0.05, 0.1) is 0 Å². The molecule has 0 aromatic heterocycles. The Hall–Kier alpha value is -0.710. The molecule has 0 aliphatic carbocycles. The van der Waals surface area contributed by atoms with E-state index in [0.717, 1.165) is 11.5 Å². The maximum Gasteiger partial charge on any atom is 0.220 e. The highest BCUT2D eigenvalue weighted by Gasteiger charge is 2.01. The lowest BCUT2D eigenvalue weighted by atomic mass is 10.4. The zero-order valence-corrected chi connectivity index (χ0v) is 10.3. The zero-order chi connectivity index (χ0) is 11.5. The Morgan fingerprint density at radius 2 is 1.33 bits per heavy atom. The third-order valence-electron chi connectivity index (χ3n) is 1.69. The summed E-state index contributed by atoms with van der Waals surface area (Å²) >= 11 is 1.64. The summed E-state index contributed by atoms with van der Waals surface area (Å²) < 4.78 is 0. The normalized spacial score (nSPS) is 9.73. The van der Waals surface area contributed by atoms with E-state index in [1.165, 1.54) is 0 Å². The van der Waals surface area contributed by atoms with E-state index in [9.17, 15) is 9.59 Å². The van der Waals surface area contributed by atoms with Crippen LogP contribution in [0.15, 0.2) is 0 Å². The summed E-state index contributed by atoms with van der Waals surface area (Å²) in [6.45, 7) is 5.17. The van der Waals surface area contributed by atoms with E-state index in [0.29, 0.717) is 25.9 Å². The molecule has 0 saturated carbocycles. The second kappa shape index (κ2) is 9.83. The van der Waals surface area contributed by atoms with Crippen LogP contribution in [0.3, 0.4) is 0 Å². The van der Waals surface area contributed by atoms with Gasteiger partial charge in [0.2, 0.25) is 11.8 Å². The van der Waals surface area contributed by atoms with Gasteiger partial charge in [0, 0.05) is 37.4 Å². The molecule has 0 spiro atoms. The van der Waals surface area contributed by atoms with Crippen LogP contribution in [-0.4, -0.2) is 36.4 Å². The summed E-state index contributed by atoms with van der Waals surface area (Å²) in [7, 11) is 0. The molecule has 4 nitrogen and oxygen atoms in total. The lowest BCUT2D eigenvalue weighted by molar-refractivity contribution is -0.121. The fraction of sp³-hybridized carbons (Fsp3) is 0.800.